The van der Waals surface area contributed by atoms with Gasteiger partial charge in [-0.05, 0) is 6.07 Å². The number of carbonyl (C=O) groups is 2. The summed E-state index contributed by atoms with van der Waals surface area (Å²) in [7, 11) is 0. The fourth-order valence-electron chi connectivity index (χ4n) is 0.953. The van der Waals surface area contributed by atoms with Crippen LogP contribution < -0.4 is 10.6 Å². The maximum atomic E-state index is 11.2. The summed E-state index contributed by atoms with van der Waals surface area (Å²) >= 11 is 0. The second-order valence-electron chi connectivity index (χ2n) is 2.93. The lowest BCUT2D eigenvalue weighted by molar-refractivity contribution is -0.137. The van der Waals surface area contributed by atoms with Crippen LogP contribution in [0.1, 0.15) is 5.56 Å². The van der Waals surface area contributed by atoms with Crippen molar-refractivity contribution < 1.29 is 14.7 Å². The number of nitrogens with one attached hydrogen (secondary N) is 2. The van der Waals surface area contributed by atoms with Gasteiger partial charge in [0.15, 0.2) is 5.82 Å². The number of nitrogens with zero attached hydrogens (tertiary/aromatic N) is 3. The van der Waals surface area contributed by atoms with E-state index >= 15 is 0 Å². The fraction of sp³-hybridized carbons (Fsp3) is 0.222. The van der Waals surface area contributed by atoms with Crippen LogP contribution in [0.4, 0.5) is 5.82 Å². The first-order valence-electron chi connectivity index (χ1n) is 4.57. The van der Waals surface area contributed by atoms with Crippen LogP contribution in [0, 0.1) is 11.3 Å². The Balaban J connectivity index is 2.48. The van der Waals surface area contributed by atoms with E-state index < -0.39 is 18.4 Å². The molecule has 0 atom stereocenters. The molecule has 8 nitrogen and oxygen atoms in total. The average Bonchev–Trinajstić information content (AvgIpc) is 2.34. The Kier molecular flexibility index (Phi) is 4.38. The van der Waals surface area contributed by atoms with Gasteiger partial charge >= 0.3 is 5.97 Å². The first-order valence-corrected chi connectivity index (χ1v) is 4.57. The van der Waals surface area contributed by atoms with E-state index in [4.69, 9.17) is 10.4 Å². The van der Waals surface area contributed by atoms with Gasteiger partial charge in [0.25, 0.3) is 0 Å². The van der Waals surface area contributed by atoms with Gasteiger partial charge in [-0.3, -0.25) is 9.59 Å². The summed E-state index contributed by atoms with van der Waals surface area (Å²) in [5.41, 5.74) is 0.256. The number of nitriles is 1. The molecule has 1 amide bonds. The number of carboxylic acids is 1. The lowest BCUT2D eigenvalue weighted by Gasteiger charge is -2.05. The summed E-state index contributed by atoms with van der Waals surface area (Å²) in [5.74, 6) is -1.46. The molecule has 1 aromatic heterocycles. The molecule has 0 spiro atoms. The Morgan fingerprint density at radius 3 is 2.88 bits per heavy atom. The number of carbonyl (C=O) groups excluding carboxylic acids is 1. The van der Waals surface area contributed by atoms with E-state index in [-0.39, 0.29) is 17.9 Å². The summed E-state index contributed by atoms with van der Waals surface area (Å²) in [6.45, 7) is -0.632. The van der Waals surface area contributed by atoms with Gasteiger partial charge in [0.1, 0.15) is 12.6 Å². The molecule has 0 bridgehead atoms. The molecule has 0 aliphatic heterocycles. The Morgan fingerprint density at radius 1 is 1.47 bits per heavy atom. The highest BCUT2D eigenvalue weighted by atomic mass is 16.4. The molecule has 0 saturated heterocycles. The maximum absolute atomic E-state index is 11.2. The quantitative estimate of drug-likeness (QED) is 0.594. The van der Waals surface area contributed by atoms with E-state index in [0.717, 1.165) is 0 Å². The molecule has 17 heavy (non-hydrogen) atoms. The molecule has 1 rings (SSSR count). The predicted molar refractivity (Wildman–Crippen MR) is 55.9 cm³/mol. The molecule has 8 heteroatoms. The number of aromatic nitrogens is 2. The summed E-state index contributed by atoms with van der Waals surface area (Å²) in [6, 6.07) is 3.33. The lowest BCUT2D eigenvalue weighted by Crippen LogP contribution is -2.34. The van der Waals surface area contributed by atoms with Gasteiger partial charge in [0.2, 0.25) is 5.91 Å². The molecule has 0 fully saturated rings. The van der Waals surface area contributed by atoms with Crippen LogP contribution >= 0.6 is 0 Å². The van der Waals surface area contributed by atoms with Gasteiger partial charge in [-0.2, -0.15) is 10.4 Å². The molecular formula is C9H9N5O3. The lowest BCUT2D eigenvalue weighted by atomic mass is 10.3. The van der Waals surface area contributed by atoms with Gasteiger partial charge in [-0.15, -0.1) is 5.10 Å². The van der Waals surface area contributed by atoms with Crippen LogP contribution in [0.3, 0.4) is 0 Å². The van der Waals surface area contributed by atoms with Crippen LogP contribution in [-0.2, 0) is 9.59 Å². The zero-order valence-electron chi connectivity index (χ0n) is 8.67. The number of hydrogen-bond donors (Lipinski definition) is 3. The molecule has 88 valence electrons. The minimum atomic E-state index is -1.13. The van der Waals surface area contributed by atoms with Crippen molar-refractivity contribution in [2.24, 2.45) is 0 Å². The monoisotopic (exact) mass is 235 g/mol. The van der Waals surface area contributed by atoms with Crippen molar-refractivity contribution in [3.63, 3.8) is 0 Å². The van der Waals surface area contributed by atoms with Crippen molar-refractivity contribution in [3.8, 4) is 6.07 Å². The van der Waals surface area contributed by atoms with Gasteiger partial charge in [0.05, 0.1) is 18.3 Å². The summed E-state index contributed by atoms with van der Waals surface area (Å²) in [6.07, 6.45) is 1.36. The molecule has 0 aliphatic rings. The third kappa shape index (κ3) is 4.13. The average molecular weight is 235 g/mol. The highest BCUT2D eigenvalue weighted by Crippen LogP contribution is 2.06. The van der Waals surface area contributed by atoms with Crippen molar-refractivity contribution in [2.45, 2.75) is 0 Å². The molecule has 0 aliphatic carbocycles. The number of hydrogen-bond acceptors (Lipinski definition) is 6. The van der Waals surface area contributed by atoms with Crippen LogP contribution in [0.25, 0.3) is 0 Å². The van der Waals surface area contributed by atoms with E-state index in [0.29, 0.717) is 0 Å². The second kappa shape index (κ2) is 6.02. The largest absolute Gasteiger partial charge is 0.480 e. The van der Waals surface area contributed by atoms with E-state index in [2.05, 4.69) is 20.8 Å². The number of rotatable bonds is 5. The Morgan fingerprint density at radius 2 is 2.24 bits per heavy atom. The molecule has 0 aromatic carbocycles. The minimum absolute atomic E-state index is 0.180. The second-order valence-corrected chi connectivity index (χ2v) is 2.93. The van der Waals surface area contributed by atoms with Crippen LogP contribution in [0.5, 0.6) is 0 Å². The van der Waals surface area contributed by atoms with Gasteiger partial charge in [-0.25, -0.2) is 0 Å². The Bertz CT molecular complexity index is 468. The smallest absolute Gasteiger partial charge is 0.322 e. The number of aliphatic carboxylic acids is 1. The van der Waals surface area contributed by atoms with Crippen molar-refractivity contribution in [3.05, 3.63) is 17.8 Å². The first kappa shape index (κ1) is 12.4. The van der Waals surface area contributed by atoms with E-state index in [9.17, 15) is 9.59 Å². The summed E-state index contributed by atoms with van der Waals surface area (Å²) in [5, 5.41) is 29.0. The van der Waals surface area contributed by atoms with Crippen LogP contribution in [0.15, 0.2) is 12.3 Å². The highest BCUT2D eigenvalue weighted by Gasteiger charge is 2.06. The van der Waals surface area contributed by atoms with Crippen molar-refractivity contribution in [2.75, 3.05) is 18.4 Å². The van der Waals surface area contributed by atoms with Crippen molar-refractivity contribution in [1.29, 1.82) is 5.26 Å². The van der Waals surface area contributed by atoms with Crippen LogP contribution in [0.2, 0.25) is 0 Å². The van der Waals surface area contributed by atoms with E-state index in [1.165, 1.54) is 12.3 Å². The van der Waals surface area contributed by atoms with Crippen molar-refractivity contribution >= 4 is 17.7 Å². The predicted octanol–water partition coefficient (Wildman–Crippen LogP) is -1.04. The molecule has 1 aromatic rings. The number of anilines is 1. The molecule has 3 N–H and O–H groups in total. The van der Waals surface area contributed by atoms with Gasteiger partial charge < -0.3 is 15.7 Å². The minimum Gasteiger partial charge on any atom is -0.480 e. The highest BCUT2D eigenvalue weighted by molar-refractivity contribution is 5.84. The topological polar surface area (TPSA) is 128 Å². The van der Waals surface area contributed by atoms with Gasteiger partial charge in [-0.1, -0.05) is 0 Å². The van der Waals surface area contributed by atoms with Crippen LogP contribution in [-0.4, -0.2) is 40.3 Å². The third-order valence-electron chi connectivity index (χ3n) is 1.69. The van der Waals surface area contributed by atoms with Crippen molar-refractivity contribution in [1.82, 2.24) is 15.5 Å². The number of carboxylic acid groups (broad SMARTS) is 1. The third-order valence-corrected chi connectivity index (χ3v) is 1.69. The fourth-order valence-corrected chi connectivity index (χ4v) is 0.953. The zero-order chi connectivity index (χ0) is 12.7. The molecular weight excluding hydrogens is 226 g/mol. The summed E-state index contributed by atoms with van der Waals surface area (Å²) < 4.78 is 0. The maximum Gasteiger partial charge on any atom is 0.322 e. The first-order chi connectivity index (χ1) is 8.13. The van der Waals surface area contributed by atoms with Gasteiger partial charge in [0, 0.05) is 0 Å². The van der Waals surface area contributed by atoms with E-state index in [1.807, 2.05) is 6.07 Å². The number of amides is 1. The Labute approximate surface area is 96.3 Å². The standard InChI is InChI=1S/C9H9N5O3/c10-3-6-1-2-13-14-9(6)12-4-7(15)11-5-8(16)17/h1-2H,4-5H2,(H,11,15)(H,12,14)(H,16,17). The SMILES string of the molecule is N#Cc1ccnnc1NCC(=O)NCC(=O)O. The Hall–Kier alpha value is -2.69. The molecule has 0 radical (unpaired) electrons. The summed E-state index contributed by atoms with van der Waals surface area (Å²) in [4.78, 5) is 21.3. The molecule has 0 unspecified atom stereocenters. The van der Waals surface area contributed by atoms with E-state index in [1.54, 1.807) is 0 Å². The molecule has 1 heterocycles. The zero-order valence-corrected chi connectivity index (χ0v) is 8.67. The molecule has 0 saturated carbocycles. The normalized spacial score (nSPS) is 9.12.